The van der Waals surface area contributed by atoms with Crippen LogP contribution < -0.4 is 10.6 Å². The molecule has 3 rings (SSSR count). The highest BCUT2D eigenvalue weighted by molar-refractivity contribution is 14.0. The summed E-state index contributed by atoms with van der Waals surface area (Å²) in [4.78, 5) is 4.88. The molecule has 5 nitrogen and oxygen atoms in total. The van der Waals surface area contributed by atoms with Gasteiger partial charge < -0.3 is 20.5 Å². The minimum Gasteiger partial charge on any atom is -0.389 e. The van der Waals surface area contributed by atoms with Gasteiger partial charge >= 0.3 is 0 Å². The van der Waals surface area contributed by atoms with Crippen molar-refractivity contribution in [2.24, 2.45) is 10.9 Å². The van der Waals surface area contributed by atoms with E-state index in [1.807, 2.05) is 0 Å². The summed E-state index contributed by atoms with van der Waals surface area (Å²) in [5.41, 5.74) is 1.55. The van der Waals surface area contributed by atoms with Gasteiger partial charge in [-0.1, -0.05) is 43.2 Å². The fourth-order valence-electron chi connectivity index (χ4n) is 3.88. The third kappa shape index (κ3) is 7.19. The van der Waals surface area contributed by atoms with Crippen molar-refractivity contribution >= 4 is 29.9 Å². The number of halogens is 1. The van der Waals surface area contributed by atoms with Gasteiger partial charge in [0.2, 0.25) is 0 Å². The van der Waals surface area contributed by atoms with Crippen LogP contribution in [0.25, 0.3) is 0 Å². The number of rotatable bonds is 10. The monoisotopic (exact) mass is 501 g/mol. The summed E-state index contributed by atoms with van der Waals surface area (Å²) >= 11 is 0. The molecular weight excluding hydrogens is 465 g/mol. The van der Waals surface area contributed by atoms with Crippen molar-refractivity contribution < 1.29 is 9.84 Å². The van der Waals surface area contributed by atoms with E-state index >= 15 is 0 Å². The van der Waals surface area contributed by atoms with Gasteiger partial charge in [0.25, 0.3) is 0 Å². The highest BCUT2D eigenvalue weighted by atomic mass is 127. The maximum absolute atomic E-state index is 10.1. The minimum absolute atomic E-state index is 0. The molecule has 0 saturated heterocycles. The van der Waals surface area contributed by atoms with Crippen molar-refractivity contribution in [1.29, 1.82) is 0 Å². The molecule has 0 amide bonds. The van der Waals surface area contributed by atoms with Crippen molar-refractivity contribution in [2.45, 2.75) is 57.0 Å². The van der Waals surface area contributed by atoms with E-state index in [1.165, 1.54) is 44.1 Å². The lowest BCUT2D eigenvalue weighted by molar-refractivity contribution is 0.0345. The summed E-state index contributed by atoms with van der Waals surface area (Å²) in [6, 6.07) is 10.8. The van der Waals surface area contributed by atoms with Crippen LogP contribution in [0.2, 0.25) is 0 Å². The Morgan fingerprint density at radius 2 is 1.93 bits per heavy atom. The molecule has 158 valence electrons. The Labute approximate surface area is 186 Å². The van der Waals surface area contributed by atoms with Crippen molar-refractivity contribution in [3.8, 4) is 0 Å². The number of benzene rings is 1. The number of hydrogen-bond acceptors (Lipinski definition) is 3. The van der Waals surface area contributed by atoms with Crippen LogP contribution in [0.5, 0.6) is 0 Å². The first kappa shape index (κ1) is 23.4. The van der Waals surface area contributed by atoms with E-state index < -0.39 is 6.10 Å². The zero-order valence-electron chi connectivity index (χ0n) is 17.0. The predicted octanol–water partition coefficient (Wildman–Crippen LogP) is 3.46. The summed E-state index contributed by atoms with van der Waals surface area (Å²) in [5.74, 6) is 1.51. The summed E-state index contributed by atoms with van der Waals surface area (Å²) in [7, 11) is 0. The van der Waals surface area contributed by atoms with E-state index in [9.17, 15) is 5.11 Å². The molecular formula is C22H36IN3O2. The zero-order chi connectivity index (χ0) is 19.0. The number of nitrogens with zero attached hydrogens (tertiary/aromatic N) is 1. The zero-order valence-corrected chi connectivity index (χ0v) is 19.4. The number of nitrogens with one attached hydrogen (secondary N) is 2. The number of hydrogen-bond donors (Lipinski definition) is 3. The smallest absolute Gasteiger partial charge is 0.191 e. The van der Waals surface area contributed by atoms with Gasteiger partial charge in [0.1, 0.15) is 0 Å². The van der Waals surface area contributed by atoms with Crippen LogP contribution in [-0.4, -0.2) is 50.0 Å². The Morgan fingerprint density at radius 1 is 1.21 bits per heavy atom. The van der Waals surface area contributed by atoms with E-state index in [2.05, 4.69) is 47.9 Å². The first-order chi connectivity index (χ1) is 13.2. The fourth-order valence-corrected chi connectivity index (χ4v) is 3.88. The molecule has 0 heterocycles. The summed E-state index contributed by atoms with van der Waals surface area (Å²) < 4.78 is 5.58. The van der Waals surface area contributed by atoms with E-state index in [-0.39, 0.29) is 29.4 Å². The lowest BCUT2D eigenvalue weighted by Crippen LogP contribution is -2.43. The number of guanidine groups is 1. The Hall–Kier alpha value is -0.860. The highest BCUT2D eigenvalue weighted by Gasteiger charge is 2.35. The van der Waals surface area contributed by atoms with Gasteiger partial charge in [-0.05, 0) is 44.1 Å². The summed E-state index contributed by atoms with van der Waals surface area (Å²) in [6.45, 7) is 5.27. The van der Waals surface area contributed by atoms with Gasteiger partial charge in [0.15, 0.2) is 5.96 Å². The molecule has 0 radical (unpaired) electrons. The number of aliphatic hydroxyl groups excluding tert-OH is 1. The average molecular weight is 501 g/mol. The maximum Gasteiger partial charge on any atom is 0.191 e. The van der Waals surface area contributed by atoms with Gasteiger partial charge in [-0.2, -0.15) is 0 Å². The molecule has 0 aliphatic heterocycles. The van der Waals surface area contributed by atoms with E-state index in [4.69, 9.17) is 9.73 Å². The second kappa shape index (κ2) is 12.0. The molecule has 1 atom stereocenters. The predicted molar refractivity (Wildman–Crippen MR) is 126 cm³/mol. The molecule has 0 bridgehead atoms. The topological polar surface area (TPSA) is 65.9 Å². The molecule has 3 N–H and O–H groups in total. The Bertz CT molecular complexity index is 587. The van der Waals surface area contributed by atoms with Crippen LogP contribution in [-0.2, 0) is 10.2 Å². The summed E-state index contributed by atoms with van der Waals surface area (Å²) in [6.07, 6.45) is 6.96. The first-order valence-electron chi connectivity index (χ1n) is 10.6. The molecule has 6 heteroatoms. The van der Waals surface area contributed by atoms with Crippen molar-refractivity contribution in [2.75, 3.05) is 32.8 Å². The number of aliphatic imine (C=N–C) groups is 1. The Balaban J connectivity index is 0.00000280. The van der Waals surface area contributed by atoms with Crippen molar-refractivity contribution in [3.63, 3.8) is 0 Å². The number of aliphatic hydroxyl groups is 1. The molecule has 1 aromatic rings. The van der Waals surface area contributed by atoms with E-state index in [0.717, 1.165) is 31.6 Å². The van der Waals surface area contributed by atoms with Crippen LogP contribution in [0.1, 0.15) is 51.0 Å². The molecule has 2 fully saturated rings. The Morgan fingerprint density at radius 3 is 2.57 bits per heavy atom. The van der Waals surface area contributed by atoms with Gasteiger partial charge in [-0.15, -0.1) is 24.0 Å². The van der Waals surface area contributed by atoms with Crippen LogP contribution in [0.15, 0.2) is 35.3 Å². The Kier molecular flexibility index (Phi) is 10.0. The second-order valence-electron chi connectivity index (χ2n) is 8.06. The SMILES string of the molecule is CCNC(=NCC1(c2ccccc2)CCCC1)NCC(O)COCC1CC1.I. The molecule has 2 saturated carbocycles. The van der Waals surface area contributed by atoms with Gasteiger partial charge in [0, 0.05) is 25.1 Å². The quantitative estimate of drug-likeness (QED) is 0.261. The number of ether oxygens (including phenoxy) is 1. The summed E-state index contributed by atoms with van der Waals surface area (Å²) in [5, 5.41) is 16.7. The highest BCUT2D eigenvalue weighted by Crippen LogP contribution is 2.41. The maximum atomic E-state index is 10.1. The van der Waals surface area contributed by atoms with Crippen LogP contribution in [0, 0.1) is 5.92 Å². The first-order valence-corrected chi connectivity index (χ1v) is 10.6. The van der Waals surface area contributed by atoms with E-state index in [0.29, 0.717) is 13.2 Å². The molecule has 2 aliphatic rings. The van der Waals surface area contributed by atoms with Crippen LogP contribution in [0.3, 0.4) is 0 Å². The molecule has 28 heavy (non-hydrogen) atoms. The van der Waals surface area contributed by atoms with Crippen LogP contribution >= 0.6 is 24.0 Å². The van der Waals surface area contributed by atoms with E-state index in [1.54, 1.807) is 0 Å². The van der Waals surface area contributed by atoms with Crippen molar-refractivity contribution in [1.82, 2.24) is 10.6 Å². The van der Waals surface area contributed by atoms with Gasteiger partial charge in [-0.25, -0.2) is 0 Å². The molecule has 2 aliphatic carbocycles. The lowest BCUT2D eigenvalue weighted by atomic mass is 9.79. The largest absolute Gasteiger partial charge is 0.389 e. The molecule has 1 aromatic carbocycles. The second-order valence-corrected chi connectivity index (χ2v) is 8.06. The van der Waals surface area contributed by atoms with Crippen molar-refractivity contribution in [3.05, 3.63) is 35.9 Å². The van der Waals surface area contributed by atoms with Gasteiger partial charge in [0.05, 0.1) is 19.3 Å². The third-order valence-electron chi connectivity index (χ3n) is 5.70. The third-order valence-corrected chi connectivity index (χ3v) is 5.70. The standard InChI is InChI=1S/C22H35N3O2.HI/c1-2-23-21(24-14-20(26)16-27-15-18-10-11-18)25-17-22(12-6-7-13-22)19-8-4-3-5-9-19;/h3-5,8-9,18,20,26H,2,6-7,10-17H2,1H3,(H2,23,24,25);1H. The lowest BCUT2D eigenvalue weighted by Gasteiger charge is -2.28. The normalized spacial score (nSPS) is 19.7. The fraction of sp³-hybridized carbons (Fsp3) is 0.682. The van der Waals surface area contributed by atoms with Gasteiger partial charge in [-0.3, -0.25) is 4.99 Å². The molecule has 0 aromatic heterocycles. The average Bonchev–Trinajstić information content (AvgIpc) is 3.39. The minimum atomic E-state index is -0.512. The molecule has 1 unspecified atom stereocenters. The van der Waals surface area contributed by atoms with Crippen LogP contribution in [0.4, 0.5) is 0 Å². The molecule has 0 spiro atoms.